The predicted octanol–water partition coefficient (Wildman–Crippen LogP) is 4.96. The van der Waals surface area contributed by atoms with Crippen molar-refractivity contribution in [2.75, 3.05) is 17.7 Å². The molecule has 0 aliphatic rings. The summed E-state index contributed by atoms with van der Waals surface area (Å²) in [7, 11) is 0. The SMILES string of the molecule is CCOc1ccccc1Nc1nnc(SCC(=O)c2ccc(C)cc2)s1. The maximum absolute atomic E-state index is 12.2. The number of nitrogens with zero attached hydrogens (tertiary/aromatic N) is 2. The number of carbonyl (C=O) groups excluding carboxylic acids is 1. The summed E-state index contributed by atoms with van der Waals surface area (Å²) in [5, 5.41) is 12.2. The molecular formula is C19H19N3O2S2. The van der Waals surface area contributed by atoms with Gasteiger partial charge in [0.2, 0.25) is 5.13 Å². The van der Waals surface area contributed by atoms with Crippen LogP contribution in [0.1, 0.15) is 22.8 Å². The monoisotopic (exact) mass is 385 g/mol. The Labute approximate surface area is 160 Å². The number of aromatic nitrogens is 2. The molecule has 1 heterocycles. The second-order valence-electron chi connectivity index (χ2n) is 5.51. The summed E-state index contributed by atoms with van der Waals surface area (Å²) in [5.74, 6) is 1.20. The second kappa shape index (κ2) is 8.82. The number of ketones is 1. The molecular weight excluding hydrogens is 366 g/mol. The Bertz CT molecular complexity index is 879. The number of nitrogens with one attached hydrogen (secondary N) is 1. The van der Waals surface area contributed by atoms with Crippen LogP contribution in [-0.4, -0.2) is 28.3 Å². The molecule has 0 saturated carbocycles. The van der Waals surface area contributed by atoms with Crippen LogP contribution in [0.2, 0.25) is 0 Å². The van der Waals surface area contributed by atoms with Gasteiger partial charge in [0.25, 0.3) is 0 Å². The standard InChI is InChI=1S/C19H19N3O2S2/c1-3-24-17-7-5-4-6-15(17)20-18-21-22-19(26-18)25-12-16(23)14-10-8-13(2)9-11-14/h4-11H,3,12H2,1-2H3,(H,20,21). The molecule has 26 heavy (non-hydrogen) atoms. The summed E-state index contributed by atoms with van der Waals surface area (Å²) in [6.07, 6.45) is 0. The first-order valence-corrected chi connectivity index (χ1v) is 10.0. The molecule has 1 N–H and O–H groups in total. The maximum Gasteiger partial charge on any atom is 0.210 e. The molecule has 2 aromatic carbocycles. The van der Waals surface area contributed by atoms with Crippen LogP contribution >= 0.6 is 23.1 Å². The van der Waals surface area contributed by atoms with Crippen molar-refractivity contribution in [3.05, 3.63) is 59.7 Å². The van der Waals surface area contributed by atoms with Gasteiger partial charge in [-0.1, -0.05) is 65.1 Å². The van der Waals surface area contributed by atoms with Gasteiger partial charge in [0.05, 0.1) is 18.0 Å². The lowest BCUT2D eigenvalue weighted by Crippen LogP contribution is -2.01. The van der Waals surface area contributed by atoms with Gasteiger partial charge in [0.15, 0.2) is 10.1 Å². The minimum atomic E-state index is 0.0846. The molecule has 7 heteroatoms. The number of hydrogen-bond acceptors (Lipinski definition) is 7. The Morgan fingerprint density at radius 3 is 2.69 bits per heavy atom. The van der Waals surface area contributed by atoms with Gasteiger partial charge in [0, 0.05) is 5.56 Å². The number of hydrogen-bond donors (Lipinski definition) is 1. The molecule has 134 valence electrons. The van der Waals surface area contributed by atoms with E-state index in [-0.39, 0.29) is 5.78 Å². The quantitative estimate of drug-likeness (QED) is 0.436. The average Bonchev–Trinajstić information content (AvgIpc) is 3.10. The van der Waals surface area contributed by atoms with E-state index in [9.17, 15) is 4.79 Å². The highest BCUT2D eigenvalue weighted by atomic mass is 32.2. The molecule has 0 saturated heterocycles. The van der Waals surface area contributed by atoms with Gasteiger partial charge in [-0.2, -0.15) is 0 Å². The largest absolute Gasteiger partial charge is 0.492 e. The molecule has 0 amide bonds. The van der Waals surface area contributed by atoms with E-state index >= 15 is 0 Å². The fourth-order valence-electron chi connectivity index (χ4n) is 2.24. The number of para-hydroxylation sites is 2. The van der Waals surface area contributed by atoms with E-state index in [0.29, 0.717) is 17.5 Å². The van der Waals surface area contributed by atoms with Gasteiger partial charge >= 0.3 is 0 Å². The van der Waals surface area contributed by atoms with Gasteiger partial charge in [0.1, 0.15) is 5.75 Å². The molecule has 0 fully saturated rings. The summed E-state index contributed by atoms with van der Waals surface area (Å²) in [6.45, 7) is 4.54. The number of aryl methyl sites for hydroxylation is 1. The Morgan fingerprint density at radius 1 is 1.15 bits per heavy atom. The fraction of sp³-hybridized carbons (Fsp3) is 0.211. The van der Waals surface area contributed by atoms with Crippen LogP contribution < -0.4 is 10.1 Å². The fourth-order valence-corrected chi connectivity index (χ4v) is 3.89. The zero-order chi connectivity index (χ0) is 18.4. The Morgan fingerprint density at radius 2 is 1.92 bits per heavy atom. The highest BCUT2D eigenvalue weighted by molar-refractivity contribution is 8.01. The Kier molecular flexibility index (Phi) is 6.25. The van der Waals surface area contributed by atoms with Crippen molar-refractivity contribution in [2.24, 2.45) is 0 Å². The van der Waals surface area contributed by atoms with E-state index in [1.54, 1.807) is 0 Å². The van der Waals surface area contributed by atoms with Crippen LogP contribution in [0.3, 0.4) is 0 Å². The van der Waals surface area contributed by atoms with Crippen LogP contribution in [0.5, 0.6) is 5.75 Å². The Balaban J connectivity index is 1.60. The van der Waals surface area contributed by atoms with E-state index in [4.69, 9.17) is 4.74 Å². The number of carbonyl (C=O) groups is 1. The zero-order valence-electron chi connectivity index (χ0n) is 14.6. The van der Waals surface area contributed by atoms with Gasteiger partial charge in [-0.05, 0) is 26.0 Å². The van der Waals surface area contributed by atoms with Crippen molar-refractivity contribution in [2.45, 2.75) is 18.2 Å². The van der Waals surface area contributed by atoms with Crippen LogP contribution in [0, 0.1) is 6.92 Å². The van der Waals surface area contributed by atoms with E-state index in [2.05, 4.69) is 15.5 Å². The van der Waals surface area contributed by atoms with Crippen LogP contribution in [0.25, 0.3) is 0 Å². The third kappa shape index (κ3) is 4.83. The molecule has 0 atom stereocenters. The van der Waals surface area contributed by atoms with E-state index < -0.39 is 0 Å². The minimum Gasteiger partial charge on any atom is -0.492 e. The third-order valence-electron chi connectivity index (χ3n) is 3.54. The molecule has 0 radical (unpaired) electrons. The van der Waals surface area contributed by atoms with Gasteiger partial charge < -0.3 is 10.1 Å². The third-order valence-corrected chi connectivity index (χ3v) is 5.51. The van der Waals surface area contributed by atoms with Crippen LogP contribution in [0.15, 0.2) is 52.9 Å². The molecule has 3 rings (SSSR count). The van der Waals surface area contributed by atoms with Crippen molar-refractivity contribution >= 4 is 39.7 Å². The molecule has 1 aromatic heterocycles. The van der Waals surface area contributed by atoms with Crippen molar-refractivity contribution < 1.29 is 9.53 Å². The van der Waals surface area contributed by atoms with Crippen molar-refractivity contribution in [1.82, 2.24) is 10.2 Å². The first-order chi connectivity index (χ1) is 12.7. The number of anilines is 2. The minimum absolute atomic E-state index is 0.0846. The number of rotatable bonds is 8. The van der Waals surface area contributed by atoms with Crippen molar-refractivity contribution in [3.63, 3.8) is 0 Å². The first kappa shape index (κ1) is 18.4. The molecule has 5 nitrogen and oxygen atoms in total. The Hall–Kier alpha value is -2.38. The molecule has 0 unspecified atom stereocenters. The molecule has 0 spiro atoms. The maximum atomic E-state index is 12.2. The number of thioether (sulfide) groups is 1. The second-order valence-corrected chi connectivity index (χ2v) is 7.71. The summed E-state index contributed by atoms with van der Waals surface area (Å²) in [5.41, 5.74) is 2.70. The first-order valence-electron chi connectivity index (χ1n) is 8.20. The van der Waals surface area contributed by atoms with Gasteiger partial charge in [-0.25, -0.2) is 0 Å². The summed E-state index contributed by atoms with van der Waals surface area (Å²) < 4.78 is 6.35. The van der Waals surface area contributed by atoms with Gasteiger partial charge in [-0.15, -0.1) is 10.2 Å². The summed E-state index contributed by atoms with van der Waals surface area (Å²) in [6, 6.07) is 15.3. The van der Waals surface area contributed by atoms with E-state index in [1.165, 1.54) is 23.1 Å². The highest BCUT2D eigenvalue weighted by Gasteiger charge is 2.11. The predicted molar refractivity (Wildman–Crippen MR) is 107 cm³/mol. The lowest BCUT2D eigenvalue weighted by Gasteiger charge is -2.09. The summed E-state index contributed by atoms with van der Waals surface area (Å²) in [4.78, 5) is 12.2. The van der Waals surface area contributed by atoms with Crippen LogP contribution in [-0.2, 0) is 0 Å². The number of benzene rings is 2. The zero-order valence-corrected chi connectivity index (χ0v) is 16.2. The van der Waals surface area contributed by atoms with Crippen LogP contribution in [0.4, 0.5) is 10.8 Å². The topological polar surface area (TPSA) is 64.1 Å². The summed E-state index contributed by atoms with van der Waals surface area (Å²) >= 11 is 2.81. The molecule has 0 aliphatic heterocycles. The average molecular weight is 386 g/mol. The van der Waals surface area contributed by atoms with E-state index in [1.807, 2.05) is 62.4 Å². The van der Waals surface area contributed by atoms with E-state index in [0.717, 1.165) is 26.9 Å². The number of ether oxygens (including phenoxy) is 1. The molecule has 0 aliphatic carbocycles. The molecule has 0 bridgehead atoms. The molecule has 3 aromatic rings. The highest BCUT2D eigenvalue weighted by Crippen LogP contribution is 2.31. The lowest BCUT2D eigenvalue weighted by atomic mass is 10.1. The smallest absolute Gasteiger partial charge is 0.210 e. The lowest BCUT2D eigenvalue weighted by molar-refractivity contribution is 0.102. The van der Waals surface area contributed by atoms with Crippen molar-refractivity contribution in [1.29, 1.82) is 0 Å². The van der Waals surface area contributed by atoms with Gasteiger partial charge in [-0.3, -0.25) is 4.79 Å². The number of Topliss-reactive ketones (excluding diaryl/α,β-unsaturated/α-hetero) is 1. The normalized spacial score (nSPS) is 10.5. The van der Waals surface area contributed by atoms with Crippen molar-refractivity contribution in [3.8, 4) is 5.75 Å².